The second-order valence-electron chi connectivity index (χ2n) is 2.93. The molecular formula is C8H12Cl2N2. The van der Waals surface area contributed by atoms with Crippen LogP contribution >= 0.6 is 23.2 Å². The minimum Gasteiger partial charge on any atom is -0.271 e. The number of halogens is 2. The van der Waals surface area contributed by atoms with E-state index in [9.17, 15) is 0 Å². The first kappa shape index (κ1) is 10.1. The van der Waals surface area contributed by atoms with Crippen molar-refractivity contribution in [1.82, 2.24) is 5.43 Å². The van der Waals surface area contributed by atoms with Gasteiger partial charge in [0.25, 0.3) is 0 Å². The van der Waals surface area contributed by atoms with Crippen LogP contribution in [0.2, 0.25) is 0 Å². The third kappa shape index (κ3) is 2.49. The molecule has 1 aliphatic rings. The number of hydrogen-bond acceptors (Lipinski definition) is 2. The van der Waals surface area contributed by atoms with Gasteiger partial charge in [-0.15, -0.1) is 0 Å². The highest BCUT2D eigenvalue weighted by Crippen LogP contribution is 2.34. The fourth-order valence-electron chi connectivity index (χ4n) is 1.11. The molecule has 0 aromatic heterocycles. The molecule has 0 saturated carbocycles. The van der Waals surface area contributed by atoms with Crippen LogP contribution < -0.4 is 11.3 Å². The van der Waals surface area contributed by atoms with E-state index in [0.717, 1.165) is 5.57 Å². The van der Waals surface area contributed by atoms with Crippen LogP contribution in [0, 0.1) is 0 Å². The first-order valence-electron chi connectivity index (χ1n) is 3.77. The third-order valence-electron chi connectivity index (χ3n) is 1.90. The van der Waals surface area contributed by atoms with Crippen molar-refractivity contribution in [2.24, 2.45) is 5.84 Å². The van der Waals surface area contributed by atoms with E-state index in [1.165, 1.54) is 0 Å². The lowest BCUT2D eigenvalue weighted by atomic mass is 9.99. The third-order valence-corrected chi connectivity index (χ3v) is 2.42. The molecule has 0 radical (unpaired) electrons. The first-order valence-corrected chi connectivity index (χ1v) is 4.53. The van der Waals surface area contributed by atoms with Crippen LogP contribution in [0.4, 0.5) is 0 Å². The fraction of sp³-hybridized carbons (Fsp3) is 0.500. The van der Waals surface area contributed by atoms with Crippen LogP contribution in [-0.4, -0.2) is 10.4 Å². The van der Waals surface area contributed by atoms with Crippen molar-refractivity contribution in [2.45, 2.75) is 23.7 Å². The Labute approximate surface area is 82.4 Å². The molecule has 68 valence electrons. The van der Waals surface area contributed by atoms with Gasteiger partial charge < -0.3 is 0 Å². The van der Waals surface area contributed by atoms with Crippen molar-refractivity contribution in [3.05, 3.63) is 23.8 Å². The van der Waals surface area contributed by atoms with Crippen molar-refractivity contribution >= 4 is 23.2 Å². The molecule has 0 aliphatic heterocycles. The molecule has 0 fully saturated rings. The highest BCUT2D eigenvalue weighted by molar-refractivity contribution is 6.50. The van der Waals surface area contributed by atoms with Gasteiger partial charge in [-0.2, -0.15) is 0 Å². The van der Waals surface area contributed by atoms with Crippen LogP contribution in [0.3, 0.4) is 0 Å². The molecule has 0 aromatic rings. The predicted octanol–water partition coefficient (Wildman–Crippen LogP) is 1.90. The van der Waals surface area contributed by atoms with Gasteiger partial charge in [-0.05, 0) is 18.6 Å². The Hall–Kier alpha value is -0.0200. The topological polar surface area (TPSA) is 38.0 Å². The fourth-order valence-corrected chi connectivity index (χ4v) is 1.56. The first-order chi connectivity index (χ1) is 5.55. The summed E-state index contributed by atoms with van der Waals surface area (Å²) in [4.78, 5) is 0. The van der Waals surface area contributed by atoms with Crippen molar-refractivity contribution < 1.29 is 0 Å². The monoisotopic (exact) mass is 206 g/mol. The van der Waals surface area contributed by atoms with Gasteiger partial charge in [0.2, 0.25) is 0 Å². The maximum absolute atomic E-state index is 5.94. The summed E-state index contributed by atoms with van der Waals surface area (Å²) in [5.74, 6) is 5.29. The van der Waals surface area contributed by atoms with Gasteiger partial charge in [-0.3, -0.25) is 11.3 Å². The van der Waals surface area contributed by atoms with Crippen LogP contribution in [0.15, 0.2) is 23.8 Å². The van der Waals surface area contributed by atoms with Gasteiger partial charge in [0.05, 0.1) is 0 Å². The second kappa shape index (κ2) is 3.79. The molecule has 12 heavy (non-hydrogen) atoms. The van der Waals surface area contributed by atoms with E-state index in [4.69, 9.17) is 29.0 Å². The maximum Gasteiger partial charge on any atom is 0.140 e. The molecule has 1 atom stereocenters. The summed E-state index contributed by atoms with van der Waals surface area (Å²) in [7, 11) is 0. The van der Waals surface area contributed by atoms with Gasteiger partial charge >= 0.3 is 0 Å². The highest BCUT2D eigenvalue weighted by atomic mass is 35.5. The van der Waals surface area contributed by atoms with E-state index in [-0.39, 0.29) is 6.04 Å². The molecule has 0 heterocycles. The summed E-state index contributed by atoms with van der Waals surface area (Å²) in [5, 5.41) is 0. The number of allylic oxidation sites excluding steroid dienone is 3. The standard InChI is InChI=1S/C8H12Cl2N2/c1-6(12-11)7-3-2-4-8(9,10)5-7/h2-4,6,12H,5,11H2,1H3. The minimum atomic E-state index is -0.769. The van der Waals surface area contributed by atoms with Gasteiger partial charge in [0.1, 0.15) is 4.33 Å². The zero-order valence-corrected chi connectivity index (χ0v) is 8.36. The molecular weight excluding hydrogens is 195 g/mol. The van der Waals surface area contributed by atoms with Crippen LogP contribution in [0.5, 0.6) is 0 Å². The summed E-state index contributed by atoms with van der Waals surface area (Å²) in [6.45, 7) is 1.97. The Morgan fingerprint density at radius 1 is 1.67 bits per heavy atom. The van der Waals surface area contributed by atoms with E-state index in [0.29, 0.717) is 6.42 Å². The summed E-state index contributed by atoms with van der Waals surface area (Å²) < 4.78 is -0.769. The molecule has 1 aliphatic carbocycles. The van der Waals surface area contributed by atoms with E-state index in [1.807, 2.05) is 19.1 Å². The average Bonchev–Trinajstić information content (AvgIpc) is 2.01. The SMILES string of the molecule is CC(NN)C1=CC=CC(Cl)(Cl)C1. The highest BCUT2D eigenvalue weighted by Gasteiger charge is 2.25. The smallest absolute Gasteiger partial charge is 0.140 e. The zero-order chi connectivity index (χ0) is 9.19. The van der Waals surface area contributed by atoms with Crippen LogP contribution in [-0.2, 0) is 0 Å². The normalized spacial score (nSPS) is 23.5. The molecule has 3 N–H and O–H groups in total. The van der Waals surface area contributed by atoms with E-state index in [1.54, 1.807) is 6.08 Å². The van der Waals surface area contributed by atoms with Crippen molar-refractivity contribution in [3.63, 3.8) is 0 Å². The lowest BCUT2D eigenvalue weighted by Gasteiger charge is -2.24. The van der Waals surface area contributed by atoms with Crippen LogP contribution in [0.1, 0.15) is 13.3 Å². The van der Waals surface area contributed by atoms with Crippen molar-refractivity contribution in [3.8, 4) is 0 Å². The van der Waals surface area contributed by atoms with Crippen molar-refractivity contribution in [1.29, 1.82) is 0 Å². The summed E-state index contributed by atoms with van der Waals surface area (Å²) in [6, 6.07) is 0.117. The summed E-state index contributed by atoms with van der Waals surface area (Å²) in [5.41, 5.74) is 3.77. The van der Waals surface area contributed by atoms with Gasteiger partial charge in [0.15, 0.2) is 0 Å². The van der Waals surface area contributed by atoms with Crippen LogP contribution in [0.25, 0.3) is 0 Å². The zero-order valence-electron chi connectivity index (χ0n) is 6.85. The largest absolute Gasteiger partial charge is 0.271 e. The molecule has 2 nitrogen and oxygen atoms in total. The maximum atomic E-state index is 5.94. The number of alkyl halides is 2. The molecule has 0 bridgehead atoms. The number of nitrogens with two attached hydrogens (primary N) is 1. The summed E-state index contributed by atoms with van der Waals surface area (Å²) >= 11 is 11.9. The number of nitrogens with one attached hydrogen (secondary N) is 1. The van der Waals surface area contributed by atoms with Gasteiger partial charge in [-0.25, -0.2) is 0 Å². The molecule has 1 unspecified atom stereocenters. The lowest BCUT2D eigenvalue weighted by molar-refractivity contribution is 0.610. The quantitative estimate of drug-likeness (QED) is 0.412. The Morgan fingerprint density at radius 2 is 2.33 bits per heavy atom. The molecule has 1 rings (SSSR count). The van der Waals surface area contributed by atoms with E-state index >= 15 is 0 Å². The van der Waals surface area contributed by atoms with E-state index in [2.05, 4.69) is 5.43 Å². The number of rotatable bonds is 2. The number of hydrogen-bond donors (Lipinski definition) is 2. The second-order valence-corrected chi connectivity index (χ2v) is 4.47. The minimum absolute atomic E-state index is 0.117. The Kier molecular flexibility index (Phi) is 3.18. The Balaban J connectivity index is 2.69. The summed E-state index contributed by atoms with van der Waals surface area (Å²) in [6.07, 6.45) is 6.22. The molecule has 0 saturated heterocycles. The predicted molar refractivity (Wildman–Crippen MR) is 53.1 cm³/mol. The molecule has 4 heteroatoms. The molecule has 0 amide bonds. The average molecular weight is 207 g/mol. The van der Waals surface area contributed by atoms with E-state index < -0.39 is 4.33 Å². The Morgan fingerprint density at radius 3 is 2.83 bits per heavy atom. The van der Waals surface area contributed by atoms with Gasteiger partial charge in [-0.1, -0.05) is 35.4 Å². The molecule has 0 spiro atoms. The molecule has 0 aromatic carbocycles. The van der Waals surface area contributed by atoms with Gasteiger partial charge in [0, 0.05) is 12.5 Å². The Bertz CT molecular complexity index is 221. The van der Waals surface area contributed by atoms with Crippen molar-refractivity contribution in [2.75, 3.05) is 0 Å². The lowest BCUT2D eigenvalue weighted by Crippen LogP contribution is -2.35. The number of hydrazine groups is 1.